The number of nitriles is 1. The van der Waals surface area contributed by atoms with E-state index in [2.05, 4.69) is 57.2 Å². The van der Waals surface area contributed by atoms with Crippen LogP contribution in [0.2, 0.25) is 0 Å². The Labute approximate surface area is 355 Å². The van der Waals surface area contributed by atoms with E-state index in [1.165, 1.54) is 0 Å². The average molecular weight is 826 g/mol. The van der Waals surface area contributed by atoms with Crippen LogP contribution in [-0.2, 0) is 9.59 Å². The molecular weight excluding hydrogens is 775 g/mol. The maximum atomic E-state index is 13.5. The van der Waals surface area contributed by atoms with Crippen LogP contribution < -0.4 is 25.2 Å². The van der Waals surface area contributed by atoms with Crippen molar-refractivity contribution >= 4 is 51.9 Å². The summed E-state index contributed by atoms with van der Waals surface area (Å²) in [5.41, 5.74) is 2.85. The van der Waals surface area contributed by atoms with Gasteiger partial charge < -0.3 is 19.9 Å². The Balaban J connectivity index is 0.785. The number of nitrogens with one attached hydrogen (secondary N) is 2. The van der Waals surface area contributed by atoms with Crippen molar-refractivity contribution in [2.75, 3.05) is 62.2 Å². The summed E-state index contributed by atoms with van der Waals surface area (Å²) in [7, 11) is 0. The summed E-state index contributed by atoms with van der Waals surface area (Å²) >= 11 is 0. The summed E-state index contributed by atoms with van der Waals surface area (Å²) in [6, 6.07) is 17.4. The molecule has 0 saturated carbocycles. The highest BCUT2D eigenvalue weighted by Gasteiger charge is 2.45. The number of ether oxygens (including phenoxy) is 1. The number of piperazine rings is 1. The number of rotatable bonds is 11. The third-order valence-corrected chi connectivity index (χ3v) is 12.5. The van der Waals surface area contributed by atoms with Gasteiger partial charge in [-0.25, -0.2) is 4.98 Å². The third-order valence-electron chi connectivity index (χ3n) is 12.5. The molecule has 316 valence electrons. The first-order valence-electron chi connectivity index (χ1n) is 21.1. The minimum atomic E-state index is -0.979. The predicted octanol–water partition coefficient (Wildman–Crippen LogP) is 4.55. The third kappa shape index (κ3) is 8.77. The number of hydrogen-bond acceptors (Lipinski definition) is 12. The molecular formula is C46H51N9O6. The molecule has 0 radical (unpaired) electrons. The second kappa shape index (κ2) is 17.3. The van der Waals surface area contributed by atoms with E-state index >= 15 is 0 Å². The molecule has 15 heteroatoms. The lowest BCUT2D eigenvalue weighted by atomic mass is 9.84. The number of pyridine rings is 2. The number of amides is 5. The summed E-state index contributed by atoms with van der Waals surface area (Å²) in [6.45, 7) is 12.8. The fraction of sp³-hybridized carbons (Fsp3) is 0.435. The summed E-state index contributed by atoms with van der Waals surface area (Å²) in [5.74, 6) is -0.0969. The van der Waals surface area contributed by atoms with Crippen molar-refractivity contribution in [3.05, 3.63) is 89.2 Å². The molecule has 15 nitrogen and oxygen atoms in total. The lowest BCUT2D eigenvalue weighted by Crippen LogP contribution is -2.54. The number of benzene rings is 2. The first-order valence-corrected chi connectivity index (χ1v) is 21.1. The molecule has 0 bridgehead atoms. The maximum absolute atomic E-state index is 13.5. The summed E-state index contributed by atoms with van der Waals surface area (Å²) in [6.07, 6.45) is 6.21. The molecule has 61 heavy (non-hydrogen) atoms. The fourth-order valence-corrected chi connectivity index (χ4v) is 8.87. The number of anilines is 2. The average Bonchev–Trinajstić information content (AvgIpc) is 3.51. The number of carbonyl (C=O) groups is 5. The lowest BCUT2D eigenvalue weighted by molar-refractivity contribution is -0.136. The van der Waals surface area contributed by atoms with Crippen LogP contribution in [0.1, 0.15) is 89.5 Å². The Morgan fingerprint density at radius 2 is 1.69 bits per heavy atom. The SMILES string of the molecule is CC(C)(C)C(CCOc1ccc(C#N)c2ncccc12)NC(=O)c1ccc(N2CCC(CN3CCN(c4ccc5c(c4)C(=O)N(C4CCC(=O)NC4=O)C5=O)CC3)CC2)nc1. The maximum Gasteiger partial charge on any atom is 0.262 e. The van der Waals surface area contributed by atoms with Gasteiger partial charge in [-0.05, 0) is 85.2 Å². The van der Waals surface area contributed by atoms with Crippen LogP contribution in [0.25, 0.3) is 10.9 Å². The van der Waals surface area contributed by atoms with Gasteiger partial charge in [-0.15, -0.1) is 0 Å². The van der Waals surface area contributed by atoms with Gasteiger partial charge in [0.05, 0.1) is 34.4 Å². The fourth-order valence-electron chi connectivity index (χ4n) is 8.87. The van der Waals surface area contributed by atoms with Crippen molar-refractivity contribution < 1.29 is 28.7 Å². The highest BCUT2D eigenvalue weighted by Crippen LogP contribution is 2.32. The number of nitrogens with zero attached hydrogens (tertiary/aromatic N) is 7. The van der Waals surface area contributed by atoms with E-state index < -0.39 is 29.7 Å². The standard InChI is InChI=1S/C46H51N9O6/c1-46(2,3)38(16-24-61-37-11-6-30(26-47)41-34(37)5-4-17-48-41)50-42(57)31-7-12-39(49-27-31)54-18-14-29(15-19-54)28-52-20-22-53(23-21-52)32-8-9-33-35(25-32)45(60)55(44(33)59)36-10-13-40(56)51-43(36)58/h4-9,11-12,17,25,27,29,36,38H,10,13-16,18-24,28H2,1-3H3,(H,50,57)(H,51,56,58). The van der Waals surface area contributed by atoms with Gasteiger partial charge in [0.25, 0.3) is 17.7 Å². The van der Waals surface area contributed by atoms with Gasteiger partial charge in [-0.2, -0.15) is 5.26 Å². The van der Waals surface area contributed by atoms with Gasteiger partial charge in [0.1, 0.15) is 23.7 Å². The molecule has 2 aromatic carbocycles. The number of imide groups is 2. The molecule has 2 N–H and O–H groups in total. The Hall–Kier alpha value is -6.40. The number of piperidine rings is 2. The van der Waals surface area contributed by atoms with Crippen molar-refractivity contribution in [3.63, 3.8) is 0 Å². The Morgan fingerprint density at radius 1 is 0.918 bits per heavy atom. The van der Waals surface area contributed by atoms with Gasteiger partial charge >= 0.3 is 0 Å². The Morgan fingerprint density at radius 3 is 2.39 bits per heavy atom. The Kier molecular flexibility index (Phi) is 11.7. The van der Waals surface area contributed by atoms with Gasteiger partial charge in [-0.1, -0.05) is 20.8 Å². The molecule has 3 fully saturated rings. The van der Waals surface area contributed by atoms with E-state index in [0.717, 1.165) is 80.4 Å². The smallest absolute Gasteiger partial charge is 0.262 e. The minimum Gasteiger partial charge on any atom is -0.493 e. The van der Waals surface area contributed by atoms with Crippen LogP contribution in [0.3, 0.4) is 0 Å². The molecule has 2 unspecified atom stereocenters. The lowest BCUT2D eigenvalue weighted by Gasteiger charge is -2.40. The van der Waals surface area contributed by atoms with Crippen molar-refractivity contribution in [3.8, 4) is 11.8 Å². The second-order valence-corrected chi connectivity index (χ2v) is 17.5. The van der Waals surface area contributed by atoms with Crippen LogP contribution in [0, 0.1) is 22.7 Å². The zero-order valence-corrected chi connectivity index (χ0v) is 34.9. The van der Waals surface area contributed by atoms with E-state index in [4.69, 9.17) is 9.72 Å². The van der Waals surface area contributed by atoms with Crippen LogP contribution in [-0.4, -0.2) is 114 Å². The molecule has 2 atom stereocenters. The zero-order valence-electron chi connectivity index (χ0n) is 34.9. The van der Waals surface area contributed by atoms with Crippen molar-refractivity contribution in [2.24, 2.45) is 11.3 Å². The highest BCUT2D eigenvalue weighted by atomic mass is 16.5. The molecule has 3 saturated heterocycles. The minimum absolute atomic E-state index is 0.0875. The summed E-state index contributed by atoms with van der Waals surface area (Å²) in [4.78, 5) is 81.1. The van der Waals surface area contributed by atoms with Crippen LogP contribution in [0.15, 0.2) is 67.0 Å². The molecule has 4 aromatic rings. The summed E-state index contributed by atoms with van der Waals surface area (Å²) < 4.78 is 6.17. The Bertz CT molecular complexity index is 2390. The summed E-state index contributed by atoms with van der Waals surface area (Å²) in [5, 5.41) is 15.7. The van der Waals surface area contributed by atoms with Crippen LogP contribution in [0.4, 0.5) is 11.5 Å². The van der Waals surface area contributed by atoms with Crippen LogP contribution >= 0.6 is 0 Å². The number of carbonyl (C=O) groups excluding carboxylic acids is 5. The molecule has 0 aliphatic carbocycles. The number of hydrogen-bond donors (Lipinski definition) is 2. The monoisotopic (exact) mass is 825 g/mol. The zero-order chi connectivity index (χ0) is 42.8. The van der Waals surface area contributed by atoms with Gasteiger partial charge in [-0.3, -0.25) is 44.1 Å². The van der Waals surface area contributed by atoms with E-state index in [1.54, 1.807) is 36.7 Å². The topological polar surface area (TPSA) is 181 Å². The van der Waals surface area contributed by atoms with E-state index in [-0.39, 0.29) is 35.8 Å². The van der Waals surface area contributed by atoms with E-state index in [1.807, 2.05) is 30.3 Å². The molecule has 4 aliphatic heterocycles. The van der Waals surface area contributed by atoms with Crippen molar-refractivity contribution in [2.45, 2.75) is 65.0 Å². The molecule has 4 aliphatic rings. The molecule has 8 rings (SSSR count). The molecule has 6 heterocycles. The first-order chi connectivity index (χ1) is 29.4. The number of aromatic nitrogens is 2. The van der Waals surface area contributed by atoms with Gasteiger partial charge in [0.15, 0.2) is 0 Å². The molecule has 5 amide bonds. The normalized spacial score (nSPS) is 19.4. The van der Waals surface area contributed by atoms with Gasteiger partial charge in [0, 0.05) is 88.2 Å². The van der Waals surface area contributed by atoms with E-state index in [0.29, 0.717) is 46.9 Å². The number of fused-ring (bicyclic) bond motifs is 2. The predicted molar refractivity (Wildman–Crippen MR) is 228 cm³/mol. The molecule has 0 spiro atoms. The molecule has 2 aromatic heterocycles. The van der Waals surface area contributed by atoms with E-state index in [9.17, 15) is 29.2 Å². The highest BCUT2D eigenvalue weighted by molar-refractivity contribution is 6.23. The van der Waals surface area contributed by atoms with Crippen molar-refractivity contribution in [1.82, 2.24) is 30.4 Å². The largest absolute Gasteiger partial charge is 0.493 e. The first kappa shape index (κ1) is 41.3. The van der Waals surface area contributed by atoms with Crippen molar-refractivity contribution in [1.29, 1.82) is 5.26 Å². The second-order valence-electron chi connectivity index (χ2n) is 17.5. The van der Waals surface area contributed by atoms with Crippen LogP contribution in [0.5, 0.6) is 5.75 Å². The quantitative estimate of drug-likeness (QED) is 0.202. The van der Waals surface area contributed by atoms with Gasteiger partial charge in [0.2, 0.25) is 11.8 Å².